The second kappa shape index (κ2) is 45.6. The summed E-state index contributed by atoms with van der Waals surface area (Å²) in [5.41, 5.74) is 0. The highest BCUT2D eigenvalue weighted by atomic mass is 35.5. The zero-order valence-electron chi connectivity index (χ0n) is 29.5. The Morgan fingerprint density at radius 3 is 0.714 bits per heavy atom. The number of unbranched alkanes of at least 4 members (excludes halogenated alkanes) is 30. The van der Waals surface area contributed by atoms with Crippen LogP contribution in [0, 0.1) is 0 Å². The van der Waals surface area contributed by atoms with Crippen LogP contribution in [0.25, 0.3) is 0 Å². The van der Waals surface area contributed by atoms with Gasteiger partial charge in [0.1, 0.15) is 0 Å². The number of nitrogens with one attached hydrogen (secondary N) is 1. The largest absolute Gasteiger partial charge is 0.396 e. The Labute approximate surface area is 272 Å². The molecule has 42 heavy (non-hydrogen) atoms. The Hall–Kier alpha value is 0.210. The summed E-state index contributed by atoms with van der Waals surface area (Å²) in [5.74, 6) is 0.566. The fourth-order valence-corrected chi connectivity index (χ4v) is 5.90. The average molecular weight is 617 g/mol. The molecular weight excluding hydrogens is 534 g/mol. The predicted molar refractivity (Wildman–Crippen MR) is 194 cm³/mol. The molecule has 0 saturated heterocycles. The van der Waals surface area contributed by atoms with Crippen LogP contribution in [0.4, 0.5) is 0 Å². The fraction of sp³-hybridized carbons (Fsp3) is 1.00. The van der Waals surface area contributed by atoms with Gasteiger partial charge in [-0.25, -0.2) is 0 Å². The van der Waals surface area contributed by atoms with Gasteiger partial charge in [-0.05, 0) is 32.4 Å². The molecule has 0 aromatic rings. The van der Waals surface area contributed by atoms with Crippen LogP contribution in [-0.4, -0.2) is 30.7 Å². The van der Waals surface area contributed by atoms with Gasteiger partial charge in [0.2, 0.25) is 0 Å². The lowest BCUT2D eigenvalue weighted by atomic mass is 10.0. The van der Waals surface area contributed by atoms with Crippen molar-refractivity contribution in [3.05, 3.63) is 0 Å². The molecule has 0 fully saturated rings. The summed E-state index contributed by atoms with van der Waals surface area (Å²) in [6, 6.07) is 0. The molecule has 256 valence electrons. The second-order valence-electron chi connectivity index (χ2n) is 13.1. The van der Waals surface area contributed by atoms with Gasteiger partial charge in [-0.3, -0.25) is 0 Å². The molecule has 3 heteroatoms. The van der Waals surface area contributed by atoms with Crippen molar-refractivity contribution in [3.63, 3.8) is 0 Å². The first-order chi connectivity index (χ1) is 20.8. The van der Waals surface area contributed by atoms with Crippen LogP contribution in [0.3, 0.4) is 0 Å². The van der Waals surface area contributed by atoms with Crippen molar-refractivity contribution < 1.29 is 5.11 Å². The summed E-state index contributed by atoms with van der Waals surface area (Å²) in [7, 11) is 0. The van der Waals surface area contributed by atoms with E-state index in [1.165, 1.54) is 219 Å². The molecule has 0 aromatic heterocycles. The van der Waals surface area contributed by atoms with Crippen LogP contribution in [-0.2, 0) is 0 Å². The van der Waals surface area contributed by atoms with Gasteiger partial charge < -0.3 is 10.4 Å². The van der Waals surface area contributed by atoms with Gasteiger partial charge in [0.05, 0.1) is 0 Å². The van der Waals surface area contributed by atoms with Crippen LogP contribution in [0.2, 0.25) is 0 Å². The molecular formula is C39H82ClNO. The standard InChI is InChI=1S/C36H75N.C3H7ClO/c1-3-5-7-9-11-13-15-17-19-21-23-25-27-29-31-33-35-37-36-34-32-30-28-26-24-22-20-18-16-14-12-10-8-6-4-2;4-2-1-3-5/h37H,3-36H2,1-2H3;5H,1-3H2. The number of halogens is 1. The Balaban J connectivity index is 0. The van der Waals surface area contributed by atoms with E-state index in [-0.39, 0.29) is 6.61 Å². The first-order valence-electron chi connectivity index (χ1n) is 19.7. The van der Waals surface area contributed by atoms with Crippen molar-refractivity contribution in [1.82, 2.24) is 5.32 Å². The summed E-state index contributed by atoms with van der Waals surface area (Å²) in [6.07, 6.45) is 47.4. The van der Waals surface area contributed by atoms with Crippen molar-refractivity contribution in [2.45, 2.75) is 226 Å². The van der Waals surface area contributed by atoms with Crippen molar-refractivity contribution in [1.29, 1.82) is 0 Å². The van der Waals surface area contributed by atoms with Crippen LogP contribution in [0.15, 0.2) is 0 Å². The van der Waals surface area contributed by atoms with Crippen molar-refractivity contribution >= 4 is 11.6 Å². The molecule has 0 bridgehead atoms. The molecule has 0 atom stereocenters. The molecule has 0 aliphatic heterocycles. The van der Waals surface area contributed by atoms with Gasteiger partial charge in [0.15, 0.2) is 0 Å². The molecule has 0 rings (SSSR count). The summed E-state index contributed by atoms with van der Waals surface area (Å²) >= 11 is 5.14. The maximum absolute atomic E-state index is 7.98. The first kappa shape index (κ1) is 44.3. The lowest BCUT2D eigenvalue weighted by molar-refractivity contribution is 0.296. The smallest absolute Gasteiger partial charge is 0.0442 e. The van der Waals surface area contributed by atoms with E-state index in [4.69, 9.17) is 16.7 Å². The third-order valence-corrected chi connectivity index (χ3v) is 8.97. The van der Waals surface area contributed by atoms with Crippen molar-refractivity contribution in [3.8, 4) is 0 Å². The van der Waals surface area contributed by atoms with Gasteiger partial charge in [0.25, 0.3) is 0 Å². The number of hydrogen-bond acceptors (Lipinski definition) is 2. The molecule has 0 aliphatic carbocycles. The van der Waals surface area contributed by atoms with Gasteiger partial charge in [-0.2, -0.15) is 0 Å². The minimum Gasteiger partial charge on any atom is -0.396 e. The Morgan fingerprint density at radius 2 is 0.548 bits per heavy atom. The first-order valence-corrected chi connectivity index (χ1v) is 20.2. The van der Waals surface area contributed by atoms with Crippen LogP contribution in [0.5, 0.6) is 0 Å². The van der Waals surface area contributed by atoms with Crippen LogP contribution < -0.4 is 5.32 Å². The molecule has 0 aliphatic rings. The zero-order chi connectivity index (χ0) is 30.9. The van der Waals surface area contributed by atoms with E-state index in [2.05, 4.69) is 19.2 Å². The lowest BCUT2D eigenvalue weighted by Crippen LogP contribution is -2.16. The van der Waals surface area contributed by atoms with E-state index in [1.807, 2.05) is 0 Å². The predicted octanol–water partition coefficient (Wildman–Crippen LogP) is 13.7. The molecule has 0 unspecified atom stereocenters. The van der Waals surface area contributed by atoms with E-state index in [9.17, 15) is 0 Å². The second-order valence-corrected chi connectivity index (χ2v) is 13.5. The number of aliphatic hydroxyl groups is 1. The number of alkyl halides is 1. The quantitative estimate of drug-likeness (QED) is 0.0542. The van der Waals surface area contributed by atoms with Crippen molar-refractivity contribution in [2.24, 2.45) is 0 Å². The number of hydrogen-bond donors (Lipinski definition) is 2. The Kier molecular flexibility index (Phi) is 48.2. The van der Waals surface area contributed by atoms with E-state index < -0.39 is 0 Å². The minimum atomic E-state index is 0.212. The van der Waals surface area contributed by atoms with Gasteiger partial charge in [-0.1, -0.05) is 206 Å². The van der Waals surface area contributed by atoms with E-state index in [1.54, 1.807) is 0 Å². The highest BCUT2D eigenvalue weighted by molar-refractivity contribution is 6.17. The van der Waals surface area contributed by atoms with Gasteiger partial charge >= 0.3 is 0 Å². The molecule has 0 aromatic carbocycles. The number of rotatable bonds is 36. The highest BCUT2D eigenvalue weighted by Gasteiger charge is 1.97. The molecule has 0 amide bonds. The zero-order valence-corrected chi connectivity index (χ0v) is 30.2. The van der Waals surface area contributed by atoms with Crippen LogP contribution >= 0.6 is 11.6 Å². The summed E-state index contributed by atoms with van der Waals surface area (Å²) in [5, 5.41) is 11.7. The summed E-state index contributed by atoms with van der Waals surface area (Å²) in [4.78, 5) is 0. The number of aliphatic hydroxyl groups excluding tert-OH is 1. The highest BCUT2D eigenvalue weighted by Crippen LogP contribution is 2.15. The van der Waals surface area contributed by atoms with Crippen LogP contribution in [0.1, 0.15) is 226 Å². The van der Waals surface area contributed by atoms with E-state index >= 15 is 0 Å². The average Bonchev–Trinajstić information content (AvgIpc) is 3.00. The summed E-state index contributed by atoms with van der Waals surface area (Å²) < 4.78 is 0. The molecule has 0 heterocycles. The van der Waals surface area contributed by atoms with Crippen molar-refractivity contribution in [2.75, 3.05) is 25.6 Å². The third kappa shape index (κ3) is 47.1. The monoisotopic (exact) mass is 616 g/mol. The van der Waals surface area contributed by atoms with Gasteiger partial charge in [-0.15, -0.1) is 11.6 Å². The van der Waals surface area contributed by atoms with Gasteiger partial charge in [0, 0.05) is 12.5 Å². The van der Waals surface area contributed by atoms with E-state index in [0.29, 0.717) is 12.3 Å². The Bertz CT molecular complexity index is 383. The minimum absolute atomic E-state index is 0.212. The summed E-state index contributed by atoms with van der Waals surface area (Å²) in [6.45, 7) is 7.32. The lowest BCUT2D eigenvalue weighted by Gasteiger charge is -2.06. The van der Waals surface area contributed by atoms with E-state index in [0.717, 1.165) is 0 Å². The maximum atomic E-state index is 7.98. The molecule has 0 spiro atoms. The topological polar surface area (TPSA) is 32.3 Å². The SMILES string of the molecule is CCCCCCCCCCCCCCCCCCNCCCCCCCCCCCCCCCCCC.OCCCCl. The molecule has 2 nitrogen and oxygen atoms in total. The maximum Gasteiger partial charge on any atom is 0.0442 e. The molecule has 0 radical (unpaired) electrons. The molecule has 2 N–H and O–H groups in total. The fourth-order valence-electron chi connectivity index (χ4n) is 5.78. The Morgan fingerprint density at radius 1 is 0.333 bits per heavy atom. The normalized spacial score (nSPS) is 11.1. The third-order valence-electron chi connectivity index (χ3n) is 8.71. The molecule has 0 saturated carbocycles.